The average molecular weight is 687 g/mol. The van der Waals surface area contributed by atoms with E-state index in [0.717, 1.165) is 4.90 Å². The highest BCUT2D eigenvalue weighted by Crippen LogP contribution is 2.66. The number of carbonyl (C=O) groups is 5. The molecule has 2 aliphatic heterocycles. The van der Waals surface area contributed by atoms with Gasteiger partial charge in [-0.2, -0.15) is 0 Å². The fourth-order valence-electron chi connectivity index (χ4n) is 7.32. The summed E-state index contributed by atoms with van der Waals surface area (Å²) in [5.74, 6) is -23.6. The van der Waals surface area contributed by atoms with E-state index in [9.17, 15) is 42.3 Å². The summed E-state index contributed by atoms with van der Waals surface area (Å²) in [6.45, 7) is -0.223. The van der Waals surface area contributed by atoms with E-state index in [2.05, 4.69) is 0 Å². The Morgan fingerprint density at radius 3 is 2.11 bits per heavy atom. The molecule has 0 spiro atoms. The highest BCUT2D eigenvalue weighted by Gasteiger charge is 2.77. The second-order valence-corrected chi connectivity index (χ2v) is 12.8. The Labute approximate surface area is 266 Å². The molecule has 0 unspecified atom stereocenters. The van der Waals surface area contributed by atoms with Crippen LogP contribution in [0.25, 0.3) is 0 Å². The molecule has 2 aromatic carbocycles. The number of fused-ring (bicyclic) bond motifs is 4. The Hall–Kier alpha value is -4.04. The lowest BCUT2D eigenvalue weighted by Crippen LogP contribution is -2.60. The first-order valence-corrected chi connectivity index (χ1v) is 14.7. The second kappa shape index (κ2) is 10.8. The van der Waals surface area contributed by atoms with Crippen LogP contribution in [0.3, 0.4) is 0 Å². The van der Waals surface area contributed by atoms with E-state index < -0.39 is 110 Å². The molecule has 2 heterocycles. The van der Waals surface area contributed by atoms with Crippen LogP contribution < -0.4 is 4.90 Å². The summed E-state index contributed by atoms with van der Waals surface area (Å²) in [5, 5.41) is 19.9. The number of imide groups is 2. The molecule has 6 atom stereocenters. The van der Waals surface area contributed by atoms with Gasteiger partial charge in [-0.25, -0.2) is 26.9 Å². The molecule has 4 aliphatic rings. The number of allylic oxidation sites excluding steroid dienone is 2. The molecule has 0 radical (unpaired) electrons. The van der Waals surface area contributed by atoms with E-state index in [1.54, 1.807) is 0 Å². The molecule has 1 saturated carbocycles. The van der Waals surface area contributed by atoms with Crippen molar-refractivity contribution in [2.45, 2.75) is 41.3 Å². The Bertz CT molecular complexity index is 1780. The Kier molecular flexibility index (Phi) is 7.47. The number of rotatable bonds is 6. The van der Waals surface area contributed by atoms with Crippen LogP contribution >= 0.6 is 23.2 Å². The number of nitrogens with zero attached hydrogens (tertiary/aromatic N) is 2. The van der Waals surface area contributed by atoms with Gasteiger partial charge in [-0.1, -0.05) is 29.8 Å². The van der Waals surface area contributed by atoms with Crippen molar-refractivity contribution in [3.8, 4) is 5.75 Å². The Morgan fingerprint density at radius 1 is 0.891 bits per heavy atom. The monoisotopic (exact) mass is 686 g/mol. The molecule has 2 aromatic rings. The van der Waals surface area contributed by atoms with E-state index in [1.165, 1.54) is 30.3 Å². The molecule has 3 fully saturated rings. The number of alkyl halides is 2. The normalized spacial score (nSPS) is 30.4. The van der Waals surface area contributed by atoms with Crippen LogP contribution in [0.4, 0.5) is 27.6 Å². The van der Waals surface area contributed by atoms with Crippen LogP contribution in [0, 0.1) is 46.8 Å². The summed E-state index contributed by atoms with van der Waals surface area (Å²) in [6.07, 6.45) is 0.346. The largest absolute Gasteiger partial charge is 0.508 e. The molecule has 16 heteroatoms. The lowest BCUT2D eigenvalue weighted by Gasteiger charge is -2.50. The smallest absolute Gasteiger partial charge is 0.303 e. The number of hydrogen-bond donors (Lipinski definition) is 2. The number of benzene rings is 2. The average Bonchev–Trinajstić information content (AvgIpc) is 3.34. The Balaban J connectivity index is 1.53. The zero-order valence-electron chi connectivity index (χ0n) is 23.2. The molecule has 242 valence electrons. The van der Waals surface area contributed by atoms with Crippen molar-refractivity contribution in [1.82, 2.24) is 4.90 Å². The van der Waals surface area contributed by atoms with Gasteiger partial charge in [0, 0.05) is 24.4 Å². The van der Waals surface area contributed by atoms with Crippen LogP contribution in [0.1, 0.15) is 37.2 Å². The van der Waals surface area contributed by atoms with Crippen molar-refractivity contribution in [2.75, 3.05) is 11.4 Å². The maximum atomic E-state index is 15.0. The number of halogens is 7. The van der Waals surface area contributed by atoms with Crippen molar-refractivity contribution < 1.29 is 56.1 Å². The van der Waals surface area contributed by atoms with E-state index in [-0.39, 0.29) is 41.8 Å². The van der Waals surface area contributed by atoms with Gasteiger partial charge < -0.3 is 10.2 Å². The zero-order valence-corrected chi connectivity index (χ0v) is 24.7. The molecule has 0 bridgehead atoms. The molecule has 6 rings (SSSR count). The molecule has 2 N–H and O–H groups in total. The fourth-order valence-corrected chi connectivity index (χ4v) is 8.24. The van der Waals surface area contributed by atoms with E-state index >= 15 is 8.78 Å². The number of aliphatic carboxylic acids is 1. The minimum Gasteiger partial charge on any atom is -0.508 e. The van der Waals surface area contributed by atoms with Gasteiger partial charge in [0.05, 0.1) is 11.8 Å². The third kappa shape index (κ3) is 4.08. The van der Waals surface area contributed by atoms with Crippen LogP contribution in [0.15, 0.2) is 35.9 Å². The van der Waals surface area contributed by atoms with Crippen LogP contribution in [-0.2, 0) is 24.0 Å². The number of carboxylic acids is 1. The molecular formula is C30H21Cl2F5N2O7. The topological polar surface area (TPSA) is 132 Å². The molecule has 9 nitrogen and oxygen atoms in total. The number of carbonyl (C=O) groups excluding carboxylic acids is 4. The minimum absolute atomic E-state index is 0.0498. The SMILES string of the molecule is O=C(O)CCCN1C(=O)[C@H]2[C@H](CC=C3[C@H]2C[C@@]2(Cl)C(=O)N(c4c(F)c(F)c(F)c(F)c4F)C(=O)[C@@]2(Cl)[C@H]3c2ccccc2O)C1=O. The lowest BCUT2D eigenvalue weighted by molar-refractivity contribution is -0.142. The first kappa shape index (κ1) is 31.9. The van der Waals surface area contributed by atoms with Crippen molar-refractivity contribution in [3.63, 3.8) is 0 Å². The van der Waals surface area contributed by atoms with Gasteiger partial charge in [0.2, 0.25) is 17.6 Å². The quantitative estimate of drug-likeness (QED) is 0.114. The highest BCUT2D eigenvalue weighted by molar-refractivity contribution is 6.58. The number of carboxylic acid groups (broad SMARTS) is 1. The minimum atomic E-state index is -2.74. The number of hydrogen-bond acceptors (Lipinski definition) is 6. The number of phenolic OH excluding ortho intramolecular Hbond substituents is 1. The first-order valence-electron chi connectivity index (χ1n) is 13.9. The fraction of sp³-hybridized carbons (Fsp3) is 0.367. The van der Waals surface area contributed by atoms with Crippen molar-refractivity contribution in [2.24, 2.45) is 17.8 Å². The number of phenols is 1. The standard InChI is InChI=1S/C30H21Cl2F5N2O7/c31-29-10-14-11(7-8-13-17(14)26(44)38(25(13)43)9-3-6-16(41)42)18(12-4-1-2-5-15(12)40)30(29,32)28(46)39(27(29)45)24-22(36)20(34)19(33)21(35)23(24)37/h1-2,4-5,7,13-14,17-18,40H,3,6,8-10H2,(H,41,42)/t13-,14+,17-,18+,29+,30-/m0/s1. The number of aromatic hydroxyl groups is 1. The molecule has 2 saturated heterocycles. The number of likely N-dealkylation sites (tertiary alicyclic amines) is 1. The number of para-hydroxylation sites is 1. The van der Waals surface area contributed by atoms with Gasteiger partial charge >= 0.3 is 5.97 Å². The summed E-state index contributed by atoms with van der Waals surface area (Å²) in [7, 11) is 0. The number of amides is 4. The van der Waals surface area contributed by atoms with Crippen LogP contribution in [0.5, 0.6) is 5.75 Å². The molecular weight excluding hydrogens is 666 g/mol. The summed E-state index contributed by atoms with van der Waals surface area (Å²) in [5.41, 5.74) is -1.82. The third-order valence-electron chi connectivity index (χ3n) is 9.33. The van der Waals surface area contributed by atoms with E-state index in [1.807, 2.05) is 0 Å². The van der Waals surface area contributed by atoms with Crippen molar-refractivity contribution in [1.29, 1.82) is 0 Å². The predicted octanol–water partition coefficient (Wildman–Crippen LogP) is 4.52. The molecule has 46 heavy (non-hydrogen) atoms. The van der Waals surface area contributed by atoms with Crippen molar-refractivity contribution >= 4 is 58.5 Å². The van der Waals surface area contributed by atoms with Gasteiger partial charge in [0.25, 0.3) is 11.8 Å². The molecule has 4 amide bonds. The maximum absolute atomic E-state index is 15.0. The van der Waals surface area contributed by atoms with Gasteiger partial charge in [-0.05, 0) is 31.2 Å². The van der Waals surface area contributed by atoms with Crippen LogP contribution in [-0.4, -0.2) is 61.0 Å². The molecule has 2 aliphatic carbocycles. The summed E-state index contributed by atoms with van der Waals surface area (Å²) >= 11 is 14.0. The number of anilines is 1. The van der Waals surface area contributed by atoms with Gasteiger partial charge in [-0.15, -0.1) is 23.2 Å². The summed E-state index contributed by atoms with van der Waals surface area (Å²) < 4.78 is 72.5. The summed E-state index contributed by atoms with van der Waals surface area (Å²) in [4.78, 5) is 61.4. The van der Waals surface area contributed by atoms with Gasteiger partial charge in [0.15, 0.2) is 33.0 Å². The highest BCUT2D eigenvalue weighted by atomic mass is 35.5. The van der Waals surface area contributed by atoms with E-state index in [0.29, 0.717) is 0 Å². The van der Waals surface area contributed by atoms with Gasteiger partial charge in [-0.3, -0.25) is 28.9 Å². The lowest BCUT2D eigenvalue weighted by atomic mass is 9.56. The van der Waals surface area contributed by atoms with E-state index in [4.69, 9.17) is 28.3 Å². The van der Waals surface area contributed by atoms with Gasteiger partial charge in [0.1, 0.15) is 11.4 Å². The molecule has 0 aromatic heterocycles. The van der Waals surface area contributed by atoms with Crippen LogP contribution in [0.2, 0.25) is 0 Å². The van der Waals surface area contributed by atoms with Crippen molar-refractivity contribution in [3.05, 3.63) is 70.6 Å². The third-order valence-corrected chi connectivity index (χ3v) is 10.7. The first-order chi connectivity index (χ1) is 21.6. The zero-order chi connectivity index (χ0) is 33.6. The predicted molar refractivity (Wildman–Crippen MR) is 148 cm³/mol. The summed E-state index contributed by atoms with van der Waals surface area (Å²) in [6, 6.07) is 5.36. The maximum Gasteiger partial charge on any atom is 0.303 e. The Morgan fingerprint density at radius 2 is 1.50 bits per heavy atom. The second-order valence-electron chi connectivity index (χ2n) is 11.6.